The summed E-state index contributed by atoms with van der Waals surface area (Å²) in [5, 5.41) is 5.11. The van der Waals surface area contributed by atoms with Crippen molar-refractivity contribution in [1.29, 1.82) is 0 Å². The molecule has 10 rings (SSSR count). The number of hydrogen-bond donors (Lipinski definition) is 0. The van der Waals surface area contributed by atoms with E-state index in [1.165, 1.54) is 92.2 Å². The topological polar surface area (TPSA) is 4.93 Å². The van der Waals surface area contributed by atoms with Crippen LogP contribution < -0.4 is 0 Å². The van der Waals surface area contributed by atoms with Crippen LogP contribution in [0, 0.1) is 0 Å². The normalized spacial score (nSPS) is 11.6. The van der Waals surface area contributed by atoms with Crippen LogP contribution in [0.1, 0.15) is 0 Å². The number of thiophene rings is 1. The first-order valence-electron chi connectivity index (χ1n) is 17.1. The van der Waals surface area contributed by atoms with E-state index in [4.69, 9.17) is 0 Å². The minimum atomic E-state index is 1.17. The summed E-state index contributed by atoms with van der Waals surface area (Å²) in [6.45, 7) is 0. The molecule has 0 amide bonds. The largest absolute Gasteiger partial charge is 0.309 e. The molecule has 0 fully saturated rings. The van der Waals surface area contributed by atoms with Gasteiger partial charge in [-0.05, 0) is 75.3 Å². The van der Waals surface area contributed by atoms with Crippen molar-refractivity contribution in [3.8, 4) is 50.2 Å². The molecular formula is C48H31NS. The maximum atomic E-state index is 2.48. The molecule has 8 aromatic carbocycles. The number of benzene rings is 8. The fraction of sp³-hybridized carbons (Fsp3) is 0. The van der Waals surface area contributed by atoms with Crippen molar-refractivity contribution < 1.29 is 0 Å². The van der Waals surface area contributed by atoms with E-state index in [0.717, 1.165) is 0 Å². The second kappa shape index (κ2) is 11.7. The van der Waals surface area contributed by atoms with Gasteiger partial charge in [0.1, 0.15) is 0 Å². The van der Waals surface area contributed by atoms with Crippen LogP contribution in [0.3, 0.4) is 0 Å². The molecule has 0 radical (unpaired) electrons. The molecule has 0 unspecified atom stereocenters. The monoisotopic (exact) mass is 653 g/mol. The Kier molecular flexibility index (Phi) is 6.75. The molecule has 0 saturated heterocycles. The molecule has 50 heavy (non-hydrogen) atoms. The number of aromatic nitrogens is 1. The van der Waals surface area contributed by atoms with Crippen molar-refractivity contribution in [2.24, 2.45) is 0 Å². The fourth-order valence-corrected chi connectivity index (χ4v) is 8.79. The van der Waals surface area contributed by atoms with Crippen LogP contribution in [0.2, 0.25) is 0 Å². The number of fused-ring (bicyclic) bond motifs is 6. The molecule has 0 aliphatic heterocycles. The molecule has 0 saturated carbocycles. The zero-order valence-electron chi connectivity index (χ0n) is 27.3. The van der Waals surface area contributed by atoms with Crippen molar-refractivity contribution in [2.45, 2.75) is 0 Å². The van der Waals surface area contributed by atoms with Gasteiger partial charge in [0.25, 0.3) is 0 Å². The van der Waals surface area contributed by atoms with Gasteiger partial charge in [-0.15, -0.1) is 11.3 Å². The molecule has 2 heterocycles. The Balaban J connectivity index is 1.20. The van der Waals surface area contributed by atoms with Crippen molar-refractivity contribution in [3.05, 3.63) is 188 Å². The Morgan fingerprint density at radius 1 is 0.320 bits per heavy atom. The average Bonchev–Trinajstić information content (AvgIpc) is 3.74. The molecule has 2 heteroatoms. The Labute approximate surface area is 295 Å². The lowest BCUT2D eigenvalue weighted by molar-refractivity contribution is 1.19. The number of nitrogens with zero attached hydrogens (tertiary/aromatic N) is 1. The summed E-state index contributed by atoms with van der Waals surface area (Å²) in [7, 11) is 0. The molecule has 234 valence electrons. The first-order valence-corrected chi connectivity index (χ1v) is 17.9. The SMILES string of the molecule is c1ccc(-c2ccc(-c3cc(-n4c5ccccc5c5ccc(-c6cccc(-c7ccccc7)c6)cc54)cc4c3sc3ccccc34)cc2)cc1. The zero-order valence-corrected chi connectivity index (χ0v) is 28.1. The highest BCUT2D eigenvalue weighted by Gasteiger charge is 2.18. The Hall–Kier alpha value is -6.22. The maximum absolute atomic E-state index is 2.48. The van der Waals surface area contributed by atoms with Gasteiger partial charge < -0.3 is 4.57 Å². The van der Waals surface area contributed by atoms with E-state index in [2.05, 4.69) is 193 Å². The van der Waals surface area contributed by atoms with E-state index in [-0.39, 0.29) is 0 Å². The van der Waals surface area contributed by atoms with E-state index in [9.17, 15) is 0 Å². The Bertz CT molecular complexity index is 2840. The molecule has 1 nitrogen and oxygen atoms in total. The van der Waals surface area contributed by atoms with Crippen LogP contribution >= 0.6 is 11.3 Å². The highest BCUT2D eigenvalue weighted by Crippen LogP contribution is 2.44. The van der Waals surface area contributed by atoms with Crippen LogP contribution in [0.15, 0.2) is 188 Å². The fourth-order valence-electron chi connectivity index (χ4n) is 7.57. The van der Waals surface area contributed by atoms with Gasteiger partial charge in [0, 0.05) is 42.2 Å². The second-order valence-electron chi connectivity index (χ2n) is 12.9. The number of rotatable bonds is 5. The summed E-state index contributed by atoms with van der Waals surface area (Å²) < 4.78 is 5.11. The van der Waals surface area contributed by atoms with Gasteiger partial charge in [-0.2, -0.15) is 0 Å². The summed E-state index contributed by atoms with van der Waals surface area (Å²) in [4.78, 5) is 0. The summed E-state index contributed by atoms with van der Waals surface area (Å²) in [6.07, 6.45) is 0. The van der Waals surface area contributed by atoms with Gasteiger partial charge in [-0.25, -0.2) is 0 Å². The van der Waals surface area contributed by atoms with Gasteiger partial charge in [0.2, 0.25) is 0 Å². The summed E-state index contributed by atoms with van der Waals surface area (Å²) in [6, 6.07) is 68.7. The molecule has 0 aliphatic carbocycles. The van der Waals surface area contributed by atoms with Crippen LogP contribution in [0.4, 0.5) is 0 Å². The van der Waals surface area contributed by atoms with Crippen LogP contribution in [0.5, 0.6) is 0 Å². The third kappa shape index (κ3) is 4.76. The molecule has 0 atom stereocenters. The van der Waals surface area contributed by atoms with Crippen molar-refractivity contribution in [1.82, 2.24) is 4.57 Å². The lowest BCUT2D eigenvalue weighted by atomic mass is 9.98. The molecule has 2 aromatic heterocycles. The Morgan fingerprint density at radius 3 is 1.64 bits per heavy atom. The number of para-hydroxylation sites is 1. The molecule has 10 aromatic rings. The molecule has 0 bridgehead atoms. The highest BCUT2D eigenvalue weighted by molar-refractivity contribution is 7.26. The third-order valence-corrected chi connectivity index (χ3v) is 11.2. The minimum absolute atomic E-state index is 1.17. The van der Waals surface area contributed by atoms with Crippen molar-refractivity contribution in [3.63, 3.8) is 0 Å². The van der Waals surface area contributed by atoms with E-state index in [1.54, 1.807) is 0 Å². The van der Waals surface area contributed by atoms with Crippen LogP contribution in [-0.2, 0) is 0 Å². The molecular weight excluding hydrogens is 623 g/mol. The first kappa shape index (κ1) is 28.8. The van der Waals surface area contributed by atoms with E-state index in [0.29, 0.717) is 0 Å². The smallest absolute Gasteiger partial charge is 0.0547 e. The standard InChI is InChI=1S/C48H31NS/c1-3-12-32(13-4-1)34-22-24-35(25-23-34)43-30-39(31-44-42-19-8-10-21-47(42)50-48(43)44)49-45-20-9-7-18-40(45)41-27-26-38(29-46(41)49)37-17-11-16-36(28-37)33-14-5-2-6-15-33/h1-31H. The molecule has 0 spiro atoms. The van der Waals surface area contributed by atoms with Crippen LogP contribution in [-0.4, -0.2) is 4.57 Å². The predicted molar refractivity (Wildman–Crippen MR) is 215 cm³/mol. The van der Waals surface area contributed by atoms with Gasteiger partial charge >= 0.3 is 0 Å². The van der Waals surface area contributed by atoms with Gasteiger partial charge in [-0.1, -0.05) is 152 Å². The van der Waals surface area contributed by atoms with E-state index in [1.807, 2.05) is 11.3 Å². The van der Waals surface area contributed by atoms with E-state index < -0.39 is 0 Å². The number of hydrogen-bond acceptors (Lipinski definition) is 1. The predicted octanol–water partition coefficient (Wildman–Crippen LogP) is 13.8. The Morgan fingerprint density at radius 2 is 0.860 bits per heavy atom. The van der Waals surface area contributed by atoms with Crippen LogP contribution in [0.25, 0.3) is 92.2 Å². The van der Waals surface area contributed by atoms with Gasteiger partial charge in [-0.3, -0.25) is 0 Å². The maximum Gasteiger partial charge on any atom is 0.0547 e. The first-order chi connectivity index (χ1) is 24.8. The summed E-state index contributed by atoms with van der Waals surface area (Å²) in [5.41, 5.74) is 13.4. The zero-order chi connectivity index (χ0) is 33.0. The lowest BCUT2D eigenvalue weighted by Gasteiger charge is -2.13. The lowest BCUT2D eigenvalue weighted by Crippen LogP contribution is -1.95. The minimum Gasteiger partial charge on any atom is -0.309 e. The van der Waals surface area contributed by atoms with Crippen molar-refractivity contribution >= 4 is 53.3 Å². The second-order valence-corrected chi connectivity index (χ2v) is 14.0. The quantitative estimate of drug-likeness (QED) is 0.174. The molecule has 0 aliphatic rings. The van der Waals surface area contributed by atoms with Gasteiger partial charge in [0.05, 0.1) is 11.0 Å². The highest BCUT2D eigenvalue weighted by atomic mass is 32.1. The summed E-state index contributed by atoms with van der Waals surface area (Å²) >= 11 is 1.89. The third-order valence-electron chi connectivity index (χ3n) is 10.0. The van der Waals surface area contributed by atoms with E-state index >= 15 is 0 Å². The van der Waals surface area contributed by atoms with Crippen molar-refractivity contribution in [2.75, 3.05) is 0 Å². The van der Waals surface area contributed by atoms with Gasteiger partial charge in [0.15, 0.2) is 0 Å². The average molecular weight is 654 g/mol. The summed E-state index contributed by atoms with van der Waals surface area (Å²) in [5.74, 6) is 0. The molecule has 0 N–H and O–H groups in total.